The maximum Gasteiger partial charge on any atom is 0.236 e. The number of aliphatic hydroxyl groups excluding tert-OH is 1. The summed E-state index contributed by atoms with van der Waals surface area (Å²) < 4.78 is 0. The fourth-order valence-corrected chi connectivity index (χ4v) is 2.93. The van der Waals surface area contributed by atoms with Crippen molar-refractivity contribution in [3.63, 3.8) is 0 Å². The molecular weight excluding hydrogens is 252 g/mol. The highest BCUT2D eigenvalue weighted by atomic mass is 16.3. The molecule has 3 N–H and O–H groups in total. The molecule has 0 aliphatic heterocycles. The molecule has 0 aromatic heterocycles. The lowest BCUT2D eigenvalue weighted by Crippen LogP contribution is -2.57. The van der Waals surface area contributed by atoms with Crippen LogP contribution in [0.15, 0.2) is 0 Å². The second kappa shape index (κ2) is 8.63. The van der Waals surface area contributed by atoms with E-state index in [2.05, 4.69) is 24.5 Å². The van der Waals surface area contributed by atoms with E-state index in [1.807, 2.05) is 6.92 Å². The number of hydrogen-bond acceptors (Lipinski definition) is 3. The van der Waals surface area contributed by atoms with Crippen molar-refractivity contribution in [1.82, 2.24) is 10.6 Å². The molecule has 118 valence electrons. The van der Waals surface area contributed by atoms with Crippen LogP contribution in [-0.4, -0.2) is 35.7 Å². The number of aliphatic hydroxyl groups is 1. The molecule has 4 heteroatoms. The van der Waals surface area contributed by atoms with Crippen molar-refractivity contribution in [1.29, 1.82) is 0 Å². The second-order valence-electron chi connectivity index (χ2n) is 6.49. The molecule has 0 aromatic carbocycles. The molecule has 4 nitrogen and oxygen atoms in total. The van der Waals surface area contributed by atoms with E-state index in [0.717, 1.165) is 57.4 Å². The van der Waals surface area contributed by atoms with Gasteiger partial charge in [-0.05, 0) is 44.9 Å². The van der Waals surface area contributed by atoms with E-state index in [4.69, 9.17) is 0 Å². The minimum Gasteiger partial charge on any atom is -0.394 e. The molecule has 20 heavy (non-hydrogen) atoms. The highest BCUT2D eigenvalue weighted by Gasteiger charge is 2.35. The standard InChI is InChI=1S/C16H32N2O2/c1-4-5-6-11-17-15(20)14(3)18-16(12-19)9-7-13(2)8-10-16/h13-14,18-19H,4-12H2,1-3H3,(H,17,20). The van der Waals surface area contributed by atoms with Gasteiger partial charge in [0.25, 0.3) is 0 Å². The molecule has 1 aliphatic carbocycles. The Labute approximate surface area is 123 Å². The van der Waals surface area contributed by atoms with E-state index < -0.39 is 0 Å². The molecule has 1 fully saturated rings. The number of carbonyl (C=O) groups is 1. The van der Waals surface area contributed by atoms with Crippen LogP contribution in [0, 0.1) is 5.92 Å². The number of amides is 1. The summed E-state index contributed by atoms with van der Waals surface area (Å²) >= 11 is 0. The molecule has 0 radical (unpaired) electrons. The summed E-state index contributed by atoms with van der Waals surface area (Å²) in [7, 11) is 0. The van der Waals surface area contributed by atoms with Crippen LogP contribution in [0.2, 0.25) is 0 Å². The summed E-state index contributed by atoms with van der Waals surface area (Å²) in [6.45, 7) is 7.17. The van der Waals surface area contributed by atoms with Gasteiger partial charge in [-0.3, -0.25) is 10.1 Å². The maximum atomic E-state index is 12.0. The van der Waals surface area contributed by atoms with Crippen LogP contribution in [0.5, 0.6) is 0 Å². The molecule has 1 rings (SSSR count). The van der Waals surface area contributed by atoms with Crippen molar-refractivity contribution in [3.05, 3.63) is 0 Å². The van der Waals surface area contributed by atoms with Gasteiger partial charge < -0.3 is 10.4 Å². The van der Waals surface area contributed by atoms with Crippen molar-refractivity contribution < 1.29 is 9.90 Å². The van der Waals surface area contributed by atoms with Gasteiger partial charge >= 0.3 is 0 Å². The predicted octanol–water partition coefficient (Wildman–Crippen LogP) is 2.21. The molecule has 1 unspecified atom stereocenters. The minimum atomic E-state index is -0.257. The summed E-state index contributed by atoms with van der Waals surface area (Å²) in [6.07, 6.45) is 7.51. The Bertz CT molecular complexity index is 286. The molecule has 0 aromatic rings. The van der Waals surface area contributed by atoms with E-state index in [1.165, 1.54) is 0 Å². The lowest BCUT2D eigenvalue weighted by atomic mass is 9.77. The van der Waals surface area contributed by atoms with Crippen LogP contribution in [-0.2, 0) is 4.79 Å². The summed E-state index contributed by atoms with van der Waals surface area (Å²) in [5.74, 6) is 0.780. The number of rotatable bonds is 8. The van der Waals surface area contributed by atoms with Gasteiger partial charge in [-0.1, -0.05) is 26.7 Å². The highest BCUT2D eigenvalue weighted by molar-refractivity contribution is 5.81. The minimum absolute atomic E-state index is 0.0487. The monoisotopic (exact) mass is 284 g/mol. The molecule has 1 saturated carbocycles. The van der Waals surface area contributed by atoms with Gasteiger partial charge in [0.05, 0.1) is 12.6 Å². The first kappa shape index (κ1) is 17.4. The summed E-state index contributed by atoms with van der Waals surface area (Å²) in [5, 5.41) is 16.1. The predicted molar refractivity (Wildman–Crippen MR) is 82.6 cm³/mol. The van der Waals surface area contributed by atoms with E-state index in [1.54, 1.807) is 0 Å². The van der Waals surface area contributed by atoms with E-state index >= 15 is 0 Å². The van der Waals surface area contributed by atoms with Crippen molar-refractivity contribution in [2.45, 2.75) is 77.3 Å². The van der Waals surface area contributed by atoms with Crippen LogP contribution < -0.4 is 10.6 Å². The zero-order chi connectivity index (χ0) is 15.0. The van der Waals surface area contributed by atoms with Crippen molar-refractivity contribution in [2.24, 2.45) is 5.92 Å². The Hall–Kier alpha value is -0.610. The molecule has 0 bridgehead atoms. The topological polar surface area (TPSA) is 61.4 Å². The van der Waals surface area contributed by atoms with E-state index in [-0.39, 0.29) is 24.1 Å². The molecule has 0 saturated heterocycles. The van der Waals surface area contributed by atoms with E-state index in [9.17, 15) is 9.90 Å². The fourth-order valence-electron chi connectivity index (χ4n) is 2.93. The van der Waals surface area contributed by atoms with Crippen LogP contribution >= 0.6 is 0 Å². The Kier molecular flexibility index (Phi) is 7.52. The molecule has 1 aliphatic rings. The Morgan fingerprint density at radius 3 is 2.55 bits per heavy atom. The third-order valence-corrected chi connectivity index (χ3v) is 4.53. The molecule has 0 spiro atoms. The summed E-state index contributed by atoms with van der Waals surface area (Å²) in [4.78, 5) is 12.0. The number of unbranched alkanes of at least 4 members (excludes halogenated alkanes) is 2. The van der Waals surface area contributed by atoms with Crippen LogP contribution in [0.25, 0.3) is 0 Å². The normalized spacial score (nSPS) is 28.1. The van der Waals surface area contributed by atoms with Gasteiger partial charge in [-0.2, -0.15) is 0 Å². The van der Waals surface area contributed by atoms with Gasteiger partial charge in [0.2, 0.25) is 5.91 Å². The molecular formula is C16H32N2O2. The van der Waals surface area contributed by atoms with Gasteiger partial charge in [0, 0.05) is 12.1 Å². The first-order valence-corrected chi connectivity index (χ1v) is 8.19. The van der Waals surface area contributed by atoms with Gasteiger partial charge in [-0.25, -0.2) is 0 Å². The first-order chi connectivity index (χ1) is 9.53. The van der Waals surface area contributed by atoms with Crippen LogP contribution in [0.4, 0.5) is 0 Å². The van der Waals surface area contributed by atoms with Crippen molar-refractivity contribution in [3.8, 4) is 0 Å². The lowest BCUT2D eigenvalue weighted by molar-refractivity contribution is -0.123. The zero-order valence-electron chi connectivity index (χ0n) is 13.4. The van der Waals surface area contributed by atoms with Crippen LogP contribution in [0.1, 0.15) is 65.7 Å². The number of carbonyl (C=O) groups excluding carboxylic acids is 1. The lowest BCUT2D eigenvalue weighted by Gasteiger charge is -2.40. The summed E-state index contributed by atoms with van der Waals surface area (Å²) in [5.41, 5.74) is -0.257. The average molecular weight is 284 g/mol. The van der Waals surface area contributed by atoms with E-state index in [0.29, 0.717) is 0 Å². The van der Waals surface area contributed by atoms with Crippen LogP contribution in [0.3, 0.4) is 0 Å². The maximum absolute atomic E-state index is 12.0. The highest BCUT2D eigenvalue weighted by Crippen LogP contribution is 2.31. The zero-order valence-corrected chi connectivity index (χ0v) is 13.4. The summed E-state index contributed by atoms with van der Waals surface area (Å²) in [6, 6.07) is -0.239. The Morgan fingerprint density at radius 1 is 1.35 bits per heavy atom. The number of nitrogens with one attached hydrogen (secondary N) is 2. The third-order valence-electron chi connectivity index (χ3n) is 4.53. The van der Waals surface area contributed by atoms with Gasteiger partial charge in [-0.15, -0.1) is 0 Å². The molecule has 1 atom stereocenters. The van der Waals surface area contributed by atoms with Gasteiger partial charge in [0.15, 0.2) is 0 Å². The van der Waals surface area contributed by atoms with Crippen molar-refractivity contribution >= 4 is 5.91 Å². The quantitative estimate of drug-likeness (QED) is 0.599. The SMILES string of the molecule is CCCCCNC(=O)C(C)NC1(CO)CCC(C)CC1. The third kappa shape index (κ3) is 5.41. The van der Waals surface area contributed by atoms with Crippen molar-refractivity contribution in [2.75, 3.05) is 13.2 Å². The largest absolute Gasteiger partial charge is 0.394 e. The Morgan fingerprint density at radius 2 is 2.00 bits per heavy atom. The Balaban J connectivity index is 2.38. The molecule has 1 amide bonds. The average Bonchev–Trinajstić information content (AvgIpc) is 2.46. The second-order valence-corrected chi connectivity index (χ2v) is 6.49. The van der Waals surface area contributed by atoms with Gasteiger partial charge in [0.1, 0.15) is 0 Å². The smallest absolute Gasteiger partial charge is 0.236 e. The number of hydrogen-bond donors (Lipinski definition) is 3. The molecule has 0 heterocycles. The first-order valence-electron chi connectivity index (χ1n) is 8.19. The fraction of sp³-hybridized carbons (Fsp3) is 0.938.